The van der Waals surface area contributed by atoms with Crippen molar-refractivity contribution < 1.29 is 0 Å². The maximum atomic E-state index is 2.54. The highest BCUT2D eigenvalue weighted by Crippen LogP contribution is 2.62. The van der Waals surface area contributed by atoms with Crippen LogP contribution in [0.1, 0.15) is 22.3 Å². The first kappa shape index (κ1) is 42.5. The Hall–Kier alpha value is -9.96. The molecule has 1 aliphatic heterocycles. The van der Waals surface area contributed by atoms with Gasteiger partial charge in [-0.2, -0.15) is 0 Å². The van der Waals surface area contributed by atoms with Crippen LogP contribution in [-0.2, 0) is 5.41 Å². The van der Waals surface area contributed by atoms with E-state index in [9.17, 15) is 0 Å². The number of rotatable bonds is 7. The Morgan fingerprint density at radius 2 is 0.763 bits per heavy atom. The van der Waals surface area contributed by atoms with Crippen LogP contribution in [0, 0.1) is 0 Å². The summed E-state index contributed by atoms with van der Waals surface area (Å²) in [6.45, 7) is 0. The molecule has 14 aromatic rings. The van der Waals surface area contributed by atoms with Gasteiger partial charge in [0, 0.05) is 44.2 Å². The van der Waals surface area contributed by atoms with Gasteiger partial charge in [0.15, 0.2) is 0 Å². The zero-order chi connectivity index (χ0) is 49.9. The van der Waals surface area contributed by atoms with Crippen molar-refractivity contribution in [3.63, 3.8) is 0 Å². The first-order chi connectivity index (χ1) is 37.7. The lowest BCUT2D eigenvalue weighted by atomic mass is 9.65. The van der Waals surface area contributed by atoms with Gasteiger partial charge in [-0.05, 0) is 134 Å². The van der Waals surface area contributed by atoms with Crippen molar-refractivity contribution in [1.29, 1.82) is 0 Å². The summed E-state index contributed by atoms with van der Waals surface area (Å²) in [5, 5.41) is 4.99. The Morgan fingerprint density at radius 1 is 0.276 bits per heavy atom. The van der Waals surface area contributed by atoms with Crippen molar-refractivity contribution in [3.8, 4) is 55.9 Å². The molecular formula is C73H47N3. The molecule has 1 spiro atoms. The average molecular weight is 966 g/mol. The van der Waals surface area contributed by atoms with Crippen LogP contribution in [0.15, 0.2) is 285 Å². The fourth-order valence-electron chi connectivity index (χ4n) is 13.3. The molecule has 0 atom stereocenters. The molecule has 12 aromatic carbocycles. The van der Waals surface area contributed by atoms with Gasteiger partial charge in [0.1, 0.15) is 0 Å². The highest BCUT2D eigenvalue weighted by molar-refractivity contribution is 6.15. The molecule has 3 nitrogen and oxygen atoms in total. The molecule has 0 N–H and O–H groups in total. The van der Waals surface area contributed by atoms with Crippen molar-refractivity contribution >= 4 is 60.7 Å². The number of hydrogen-bond donors (Lipinski definition) is 0. The number of anilines is 3. The van der Waals surface area contributed by atoms with Gasteiger partial charge in [-0.1, -0.05) is 212 Å². The average Bonchev–Trinajstić information content (AvgIpc) is 4.32. The molecule has 0 fully saturated rings. The molecule has 2 aliphatic rings. The molecule has 2 aromatic heterocycles. The zero-order valence-electron chi connectivity index (χ0n) is 41.5. The van der Waals surface area contributed by atoms with Crippen LogP contribution in [-0.4, -0.2) is 9.13 Å². The molecule has 0 amide bonds. The normalized spacial score (nSPS) is 12.8. The van der Waals surface area contributed by atoms with E-state index in [1.54, 1.807) is 0 Å². The lowest BCUT2D eigenvalue weighted by molar-refractivity contribution is 0.748. The number of hydrogen-bond acceptors (Lipinski definition) is 1. The van der Waals surface area contributed by atoms with Crippen molar-refractivity contribution in [2.24, 2.45) is 0 Å². The van der Waals surface area contributed by atoms with Crippen molar-refractivity contribution in [2.45, 2.75) is 5.41 Å². The third kappa shape index (κ3) is 6.05. The number of fused-ring (bicyclic) bond motifs is 15. The van der Waals surface area contributed by atoms with Crippen molar-refractivity contribution in [1.82, 2.24) is 9.13 Å². The highest BCUT2D eigenvalue weighted by atomic mass is 15.1. The third-order valence-electron chi connectivity index (χ3n) is 16.5. The maximum Gasteiger partial charge on any atom is 0.0755 e. The van der Waals surface area contributed by atoms with Crippen LogP contribution < -0.4 is 4.90 Å². The predicted octanol–water partition coefficient (Wildman–Crippen LogP) is 19.0. The molecule has 0 unspecified atom stereocenters. The second-order valence-corrected chi connectivity index (χ2v) is 20.4. The largest absolute Gasteiger partial charge is 0.310 e. The smallest absolute Gasteiger partial charge is 0.0755 e. The van der Waals surface area contributed by atoms with Crippen LogP contribution in [0.5, 0.6) is 0 Å². The number of nitrogens with zero attached hydrogens (tertiary/aromatic N) is 3. The molecule has 16 rings (SSSR count). The molecule has 1 aliphatic carbocycles. The fraction of sp³-hybridized carbons (Fsp3) is 0.0137. The summed E-state index contributed by atoms with van der Waals surface area (Å²) in [5.74, 6) is 0. The Morgan fingerprint density at radius 3 is 1.43 bits per heavy atom. The summed E-state index contributed by atoms with van der Waals surface area (Å²) < 4.78 is 4.93. The van der Waals surface area contributed by atoms with Gasteiger partial charge in [0.25, 0.3) is 0 Å². The van der Waals surface area contributed by atoms with E-state index in [2.05, 4.69) is 299 Å². The Balaban J connectivity index is 0.926. The van der Waals surface area contributed by atoms with E-state index in [0.29, 0.717) is 0 Å². The van der Waals surface area contributed by atoms with Crippen LogP contribution in [0.25, 0.3) is 99.5 Å². The van der Waals surface area contributed by atoms with Gasteiger partial charge in [-0.3, -0.25) is 0 Å². The maximum absolute atomic E-state index is 2.54. The zero-order valence-corrected chi connectivity index (χ0v) is 41.5. The van der Waals surface area contributed by atoms with E-state index >= 15 is 0 Å². The molecule has 3 heteroatoms. The van der Waals surface area contributed by atoms with Crippen LogP contribution in [0.4, 0.5) is 17.1 Å². The van der Waals surface area contributed by atoms with Gasteiger partial charge >= 0.3 is 0 Å². The molecular weight excluding hydrogens is 919 g/mol. The summed E-state index contributed by atoms with van der Waals surface area (Å²) in [5.41, 5.74) is 24.7. The van der Waals surface area contributed by atoms with E-state index in [1.807, 2.05) is 0 Å². The van der Waals surface area contributed by atoms with Gasteiger partial charge in [0.05, 0.1) is 38.9 Å². The van der Waals surface area contributed by atoms with Crippen LogP contribution in [0.3, 0.4) is 0 Å². The Bertz CT molecular complexity index is 4530. The highest BCUT2D eigenvalue weighted by Gasteiger charge is 2.51. The molecule has 0 saturated heterocycles. The van der Waals surface area contributed by atoms with E-state index in [1.165, 1.54) is 99.4 Å². The molecule has 0 saturated carbocycles. The topological polar surface area (TPSA) is 13.1 Å². The SMILES string of the molecule is c1ccc(-c2cccc(-c3ccccc3N(c3ccc(-c4ccc(-n5c6ccccc6c6ccccc65)cc4)cc3)c3cc4c5c(c3)c3ccccc3n5-c3ccccc3C43c4ccccc4-c4ccccc43)c2)cc1. The Labute approximate surface area is 441 Å². The number of aromatic nitrogens is 2. The standard InChI is InChI=1S/C73H47N3/c1-2-19-48(20-3-1)51-21-18-22-52(45-51)56-23-6-13-32-67(56)74(53-41-37-49(38-42-53)50-39-43-54(44-40-50)75-68-33-14-7-26-59(68)60-27-8-15-34-69(60)75)55-46-62-61-28-9-16-35-70(61)76-71-36-17-12-31-65(71)73(66(47-55)72(62)76)63-29-10-4-24-57(63)58-25-5-11-30-64(58)73/h1-47H. The van der Waals surface area contributed by atoms with Gasteiger partial charge in [-0.25, -0.2) is 0 Å². The summed E-state index contributed by atoms with van der Waals surface area (Å²) in [6, 6.07) is 106. The van der Waals surface area contributed by atoms with Gasteiger partial charge in [-0.15, -0.1) is 0 Å². The quantitative estimate of drug-likeness (QED) is 0.155. The first-order valence-corrected chi connectivity index (χ1v) is 26.3. The summed E-state index contributed by atoms with van der Waals surface area (Å²) in [7, 11) is 0. The monoisotopic (exact) mass is 965 g/mol. The lowest BCUT2D eigenvalue weighted by Crippen LogP contribution is -2.33. The minimum absolute atomic E-state index is 0.590. The first-order valence-electron chi connectivity index (χ1n) is 26.3. The minimum Gasteiger partial charge on any atom is -0.310 e. The second kappa shape index (κ2) is 16.5. The van der Waals surface area contributed by atoms with Gasteiger partial charge in [0.2, 0.25) is 0 Å². The lowest BCUT2D eigenvalue weighted by Gasteiger charge is -2.40. The second-order valence-electron chi connectivity index (χ2n) is 20.4. The summed E-state index contributed by atoms with van der Waals surface area (Å²) in [4.78, 5) is 2.52. The summed E-state index contributed by atoms with van der Waals surface area (Å²) in [6.07, 6.45) is 0. The molecule has 0 radical (unpaired) electrons. The molecule has 76 heavy (non-hydrogen) atoms. The fourth-order valence-corrected chi connectivity index (χ4v) is 13.3. The molecule has 354 valence electrons. The van der Waals surface area contributed by atoms with E-state index in [0.717, 1.165) is 39.4 Å². The minimum atomic E-state index is -0.590. The number of para-hydroxylation sites is 5. The molecule has 0 bridgehead atoms. The summed E-state index contributed by atoms with van der Waals surface area (Å²) >= 11 is 0. The predicted molar refractivity (Wildman–Crippen MR) is 317 cm³/mol. The van der Waals surface area contributed by atoms with E-state index in [4.69, 9.17) is 0 Å². The van der Waals surface area contributed by atoms with Gasteiger partial charge < -0.3 is 14.0 Å². The van der Waals surface area contributed by atoms with Crippen molar-refractivity contribution in [2.75, 3.05) is 4.90 Å². The Kier molecular flexibility index (Phi) is 9.25. The number of benzene rings is 12. The van der Waals surface area contributed by atoms with E-state index in [-0.39, 0.29) is 0 Å². The molecule has 3 heterocycles. The van der Waals surface area contributed by atoms with Crippen LogP contribution in [0.2, 0.25) is 0 Å². The van der Waals surface area contributed by atoms with Crippen LogP contribution >= 0.6 is 0 Å². The van der Waals surface area contributed by atoms with Crippen molar-refractivity contribution in [3.05, 3.63) is 307 Å². The van der Waals surface area contributed by atoms with E-state index < -0.39 is 5.41 Å². The third-order valence-corrected chi connectivity index (χ3v) is 16.5.